The molecule has 108 valence electrons. The number of nitrogens with zero attached hydrogens (tertiary/aromatic N) is 1. The predicted octanol–water partition coefficient (Wildman–Crippen LogP) is 1.67. The molecule has 0 heterocycles. The number of phenolic OH excluding ortho intramolecular Hbond substituents is 1. The molecule has 2 aromatic rings. The second-order valence-electron chi connectivity index (χ2n) is 4.42. The molecule has 2 rings (SSSR count). The summed E-state index contributed by atoms with van der Waals surface area (Å²) in [6.07, 6.45) is 0.0560. The largest absolute Gasteiger partial charge is 0.508 e. The summed E-state index contributed by atoms with van der Waals surface area (Å²) in [5, 5.41) is 23.9. The summed E-state index contributed by atoms with van der Waals surface area (Å²) in [6, 6.07) is 13.3. The number of carbonyl (C=O) groups excluding carboxylic acids is 1. The van der Waals surface area contributed by atoms with Crippen molar-refractivity contribution in [3.8, 4) is 5.75 Å². The first-order valence-corrected chi connectivity index (χ1v) is 6.25. The van der Waals surface area contributed by atoms with E-state index in [-0.39, 0.29) is 23.9 Å². The van der Waals surface area contributed by atoms with Crippen molar-refractivity contribution in [1.29, 1.82) is 0 Å². The van der Waals surface area contributed by atoms with Crippen LogP contribution in [0.15, 0.2) is 53.7 Å². The number of amidine groups is 1. The van der Waals surface area contributed by atoms with Crippen molar-refractivity contribution in [2.45, 2.75) is 6.42 Å². The number of amides is 1. The summed E-state index contributed by atoms with van der Waals surface area (Å²) >= 11 is 0. The van der Waals surface area contributed by atoms with Crippen molar-refractivity contribution >= 4 is 17.4 Å². The van der Waals surface area contributed by atoms with Crippen LogP contribution in [0.4, 0.5) is 5.69 Å². The molecule has 0 fully saturated rings. The molecule has 0 aliphatic carbocycles. The van der Waals surface area contributed by atoms with Crippen molar-refractivity contribution in [1.82, 2.24) is 0 Å². The van der Waals surface area contributed by atoms with E-state index in [1.54, 1.807) is 42.5 Å². The highest BCUT2D eigenvalue weighted by Crippen LogP contribution is 2.17. The molecule has 6 heteroatoms. The van der Waals surface area contributed by atoms with Crippen LogP contribution in [-0.4, -0.2) is 22.1 Å². The molecule has 0 bridgehead atoms. The number of anilines is 1. The molecule has 6 nitrogen and oxygen atoms in total. The number of carbonyl (C=O) groups is 1. The Morgan fingerprint density at radius 1 is 1.19 bits per heavy atom. The van der Waals surface area contributed by atoms with E-state index < -0.39 is 0 Å². The first-order chi connectivity index (χ1) is 10.1. The maximum absolute atomic E-state index is 12.0. The average Bonchev–Trinajstić information content (AvgIpc) is 2.49. The van der Waals surface area contributed by atoms with Gasteiger partial charge in [0.1, 0.15) is 5.75 Å². The zero-order chi connectivity index (χ0) is 15.2. The van der Waals surface area contributed by atoms with Gasteiger partial charge in [-0.1, -0.05) is 35.5 Å². The van der Waals surface area contributed by atoms with Crippen molar-refractivity contribution in [2.75, 3.05) is 5.32 Å². The van der Waals surface area contributed by atoms with Gasteiger partial charge in [0, 0.05) is 16.8 Å². The third-order valence-electron chi connectivity index (χ3n) is 2.89. The molecule has 21 heavy (non-hydrogen) atoms. The van der Waals surface area contributed by atoms with Crippen LogP contribution >= 0.6 is 0 Å². The number of benzene rings is 2. The zero-order valence-corrected chi connectivity index (χ0v) is 11.2. The summed E-state index contributed by atoms with van der Waals surface area (Å²) in [5.74, 6) is -0.224. The fraction of sp³-hybridized carbons (Fsp3) is 0.0667. The van der Waals surface area contributed by atoms with E-state index >= 15 is 0 Å². The van der Waals surface area contributed by atoms with E-state index in [1.165, 1.54) is 6.07 Å². The lowest BCUT2D eigenvalue weighted by Gasteiger charge is -2.08. The van der Waals surface area contributed by atoms with Gasteiger partial charge in [-0.25, -0.2) is 0 Å². The van der Waals surface area contributed by atoms with Crippen LogP contribution in [0.2, 0.25) is 0 Å². The van der Waals surface area contributed by atoms with E-state index in [4.69, 9.17) is 10.9 Å². The molecule has 0 saturated heterocycles. The molecular weight excluding hydrogens is 270 g/mol. The van der Waals surface area contributed by atoms with Gasteiger partial charge in [0.05, 0.1) is 6.42 Å². The first kappa shape index (κ1) is 14.4. The summed E-state index contributed by atoms with van der Waals surface area (Å²) in [6.45, 7) is 0. The van der Waals surface area contributed by atoms with Crippen molar-refractivity contribution in [3.63, 3.8) is 0 Å². The Morgan fingerprint density at radius 3 is 2.67 bits per heavy atom. The molecular formula is C15H15N3O3. The molecule has 0 aromatic heterocycles. The highest BCUT2D eigenvalue weighted by Gasteiger charge is 2.08. The van der Waals surface area contributed by atoms with Crippen molar-refractivity contribution < 1.29 is 15.1 Å². The fourth-order valence-corrected chi connectivity index (χ4v) is 1.85. The van der Waals surface area contributed by atoms with E-state index in [0.29, 0.717) is 16.8 Å². The lowest BCUT2D eigenvalue weighted by Crippen LogP contribution is -2.16. The maximum Gasteiger partial charge on any atom is 0.228 e. The van der Waals surface area contributed by atoms with Gasteiger partial charge in [0.2, 0.25) is 5.91 Å². The Kier molecular flexibility index (Phi) is 4.40. The van der Waals surface area contributed by atoms with Crippen molar-refractivity contribution in [2.24, 2.45) is 10.9 Å². The standard InChI is InChI=1S/C15H15N3O3/c16-15(18-21)11-5-3-6-12(8-11)17-14(20)9-10-4-1-2-7-13(10)19/h1-8,19,21H,9H2,(H2,16,18)(H,17,20). The Hall–Kier alpha value is -3.02. The second kappa shape index (κ2) is 6.42. The monoisotopic (exact) mass is 285 g/mol. The van der Waals surface area contributed by atoms with Crippen LogP contribution in [0.1, 0.15) is 11.1 Å². The van der Waals surface area contributed by atoms with Gasteiger partial charge in [-0.15, -0.1) is 0 Å². The van der Waals surface area contributed by atoms with Gasteiger partial charge in [-0.05, 0) is 18.2 Å². The fourth-order valence-electron chi connectivity index (χ4n) is 1.85. The minimum absolute atomic E-state index is 0.0354. The molecule has 1 amide bonds. The Labute approximate surface area is 121 Å². The third-order valence-corrected chi connectivity index (χ3v) is 2.89. The van der Waals surface area contributed by atoms with Gasteiger partial charge in [0.25, 0.3) is 0 Å². The van der Waals surface area contributed by atoms with Gasteiger partial charge < -0.3 is 21.4 Å². The van der Waals surface area contributed by atoms with E-state index in [2.05, 4.69) is 10.5 Å². The van der Waals surface area contributed by atoms with Crippen LogP contribution in [-0.2, 0) is 11.2 Å². The lowest BCUT2D eigenvalue weighted by atomic mass is 10.1. The summed E-state index contributed by atoms with van der Waals surface area (Å²) in [7, 11) is 0. The second-order valence-corrected chi connectivity index (χ2v) is 4.42. The third kappa shape index (κ3) is 3.73. The molecule has 0 spiro atoms. The zero-order valence-electron chi connectivity index (χ0n) is 11.2. The SMILES string of the molecule is N/C(=N/O)c1cccc(NC(=O)Cc2ccccc2O)c1. The quantitative estimate of drug-likeness (QED) is 0.296. The molecule has 0 atom stereocenters. The minimum Gasteiger partial charge on any atom is -0.508 e. The number of hydrogen-bond acceptors (Lipinski definition) is 4. The van der Waals surface area contributed by atoms with Crippen LogP contribution in [0.3, 0.4) is 0 Å². The van der Waals surface area contributed by atoms with Crippen molar-refractivity contribution in [3.05, 3.63) is 59.7 Å². The highest BCUT2D eigenvalue weighted by molar-refractivity contribution is 5.99. The Morgan fingerprint density at radius 2 is 1.95 bits per heavy atom. The predicted molar refractivity (Wildman–Crippen MR) is 79.4 cm³/mol. The molecule has 2 aromatic carbocycles. The molecule has 0 aliphatic rings. The Bertz CT molecular complexity index is 683. The maximum atomic E-state index is 12.0. The van der Waals surface area contributed by atoms with Gasteiger partial charge in [-0.2, -0.15) is 0 Å². The van der Waals surface area contributed by atoms with E-state index in [1.807, 2.05) is 0 Å². The summed E-state index contributed by atoms with van der Waals surface area (Å²) in [5.41, 5.74) is 7.06. The summed E-state index contributed by atoms with van der Waals surface area (Å²) in [4.78, 5) is 12.0. The minimum atomic E-state index is -0.270. The smallest absolute Gasteiger partial charge is 0.228 e. The van der Waals surface area contributed by atoms with Crippen LogP contribution in [0.5, 0.6) is 5.75 Å². The highest BCUT2D eigenvalue weighted by atomic mass is 16.4. The number of nitrogens with two attached hydrogens (primary N) is 1. The molecule has 0 aliphatic heterocycles. The number of nitrogens with one attached hydrogen (secondary N) is 1. The molecule has 0 saturated carbocycles. The van der Waals surface area contributed by atoms with Gasteiger partial charge >= 0.3 is 0 Å². The topological polar surface area (TPSA) is 108 Å². The number of para-hydroxylation sites is 1. The van der Waals surface area contributed by atoms with E-state index in [0.717, 1.165) is 0 Å². The van der Waals surface area contributed by atoms with Crippen LogP contribution in [0, 0.1) is 0 Å². The summed E-state index contributed by atoms with van der Waals surface area (Å²) < 4.78 is 0. The Balaban J connectivity index is 2.08. The first-order valence-electron chi connectivity index (χ1n) is 6.25. The van der Waals surface area contributed by atoms with Crippen LogP contribution in [0.25, 0.3) is 0 Å². The lowest BCUT2D eigenvalue weighted by molar-refractivity contribution is -0.115. The normalized spacial score (nSPS) is 11.1. The molecule has 0 radical (unpaired) electrons. The molecule has 5 N–H and O–H groups in total. The van der Waals surface area contributed by atoms with E-state index in [9.17, 15) is 9.90 Å². The number of oxime groups is 1. The number of aromatic hydroxyl groups is 1. The number of hydrogen-bond donors (Lipinski definition) is 4. The van der Waals surface area contributed by atoms with Gasteiger partial charge in [-0.3, -0.25) is 4.79 Å². The number of phenols is 1. The van der Waals surface area contributed by atoms with Crippen LogP contribution < -0.4 is 11.1 Å². The average molecular weight is 285 g/mol. The van der Waals surface area contributed by atoms with Gasteiger partial charge in [0.15, 0.2) is 5.84 Å². The molecule has 0 unspecified atom stereocenters. The number of rotatable bonds is 4.